The summed E-state index contributed by atoms with van der Waals surface area (Å²) in [7, 11) is 1.56. The van der Waals surface area contributed by atoms with Gasteiger partial charge in [-0.1, -0.05) is 11.6 Å². The number of rotatable bonds is 3. The number of aromatic nitrogens is 2. The molecule has 0 saturated carbocycles. The Kier molecular flexibility index (Phi) is 3.49. The fourth-order valence-electron chi connectivity index (χ4n) is 1.10. The summed E-state index contributed by atoms with van der Waals surface area (Å²) in [6.07, 6.45) is 1.37. The van der Waals surface area contributed by atoms with Gasteiger partial charge in [0.15, 0.2) is 5.15 Å². The molecule has 2 N–H and O–H groups in total. The van der Waals surface area contributed by atoms with E-state index in [1.807, 2.05) is 6.92 Å². The summed E-state index contributed by atoms with van der Waals surface area (Å²) in [6, 6.07) is -0.112. The molecule has 1 aromatic heterocycles. The van der Waals surface area contributed by atoms with Gasteiger partial charge in [0, 0.05) is 7.11 Å². The Hall–Kier alpha value is -1.07. The molecule has 0 saturated heterocycles. The molecule has 78 valence electrons. The van der Waals surface area contributed by atoms with Gasteiger partial charge in [-0.3, -0.25) is 9.36 Å². The highest BCUT2D eigenvalue weighted by Gasteiger charge is 2.10. The first-order chi connectivity index (χ1) is 6.57. The normalized spacial score (nSPS) is 12.8. The Balaban J connectivity index is 3.11. The third-order valence-corrected chi connectivity index (χ3v) is 2.17. The molecule has 0 aliphatic heterocycles. The maximum absolute atomic E-state index is 11.6. The van der Waals surface area contributed by atoms with Crippen LogP contribution in [0.25, 0.3) is 0 Å². The minimum Gasteiger partial charge on any atom is -0.392 e. The van der Waals surface area contributed by atoms with Crippen LogP contribution < -0.4 is 11.3 Å². The third-order valence-electron chi connectivity index (χ3n) is 1.87. The molecule has 14 heavy (non-hydrogen) atoms. The van der Waals surface area contributed by atoms with Crippen LogP contribution in [0.5, 0.6) is 0 Å². The lowest BCUT2D eigenvalue weighted by Crippen LogP contribution is -2.28. The SMILES string of the molecule is COCC(C)n1cnc(Cl)c(N)c1=O. The van der Waals surface area contributed by atoms with Crippen molar-refractivity contribution in [3.63, 3.8) is 0 Å². The summed E-state index contributed by atoms with van der Waals surface area (Å²) in [4.78, 5) is 15.4. The first-order valence-electron chi connectivity index (χ1n) is 4.09. The van der Waals surface area contributed by atoms with E-state index in [1.54, 1.807) is 7.11 Å². The monoisotopic (exact) mass is 217 g/mol. The van der Waals surface area contributed by atoms with Gasteiger partial charge in [0.05, 0.1) is 19.0 Å². The molecule has 6 heteroatoms. The van der Waals surface area contributed by atoms with E-state index in [4.69, 9.17) is 22.1 Å². The van der Waals surface area contributed by atoms with Crippen molar-refractivity contribution in [3.8, 4) is 0 Å². The second-order valence-electron chi connectivity index (χ2n) is 2.97. The van der Waals surface area contributed by atoms with Gasteiger partial charge in [-0.05, 0) is 6.92 Å². The predicted octanol–water partition coefficient (Wildman–Crippen LogP) is 0.686. The Morgan fingerprint density at radius 3 is 3.00 bits per heavy atom. The Labute approximate surface area is 86.5 Å². The summed E-state index contributed by atoms with van der Waals surface area (Å²) < 4.78 is 6.32. The van der Waals surface area contributed by atoms with E-state index >= 15 is 0 Å². The number of hydrogen-bond donors (Lipinski definition) is 1. The Morgan fingerprint density at radius 2 is 2.43 bits per heavy atom. The molecule has 0 radical (unpaired) electrons. The number of methoxy groups -OCH3 is 1. The maximum Gasteiger partial charge on any atom is 0.278 e. The van der Waals surface area contributed by atoms with Crippen LogP contribution in [-0.2, 0) is 4.74 Å². The van der Waals surface area contributed by atoms with Crippen molar-refractivity contribution < 1.29 is 4.74 Å². The van der Waals surface area contributed by atoms with Crippen molar-refractivity contribution in [2.45, 2.75) is 13.0 Å². The van der Waals surface area contributed by atoms with Gasteiger partial charge in [0.1, 0.15) is 5.69 Å². The Bertz CT molecular complexity index is 377. The van der Waals surface area contributed by atoms with Crippen molar-refractivity contribution in [2.24, 2.45) is 0 Å². The van der Waals surface area contributed by atoms with Crippen LogP contribution in [-0.4, -0.2) is 23.3 Å². The molecular formula is C8H12ClN3O2. The molecule has 1 heterocycles. The molecule has 5 nitrogen and oxygen atoms in total. The first kappa shape index (κ1) is 11.0. The van der Waals surface area contributed by atoms with Crippen LogP contribution >= 0.6 is 11.6 Å². The highest BCUT2D eigenvalue weighted by Crippen LogP contribution is 2.10. The van der Waals surface area contributed by atoms with E-state index < -0.39 is 0 Å². The number of ether oxygens (including phenoxy) is 1. The zero-order valence-corrected chi connectivity index (χ0v) is 8.78. The molecule has 1 unspecified atom stereocenters. The lowest BCUT2D eigenvalue weighted by molar-refractivity contribution is 0.160. The van der Waals surface area contributed by atoms with Gasteiger partial charge >= 0.3 is 0 Å². The van der Waals surface area contributed by atoms with E-state index in [0.29, 0.717) is 6.61 Å². The van der Waals surface area contributed by atoms with Crippen LogP contribution in [0, 0.1) is 0 Å². The number of hydrogen-bond acceptors (Lipinski definition) is 4. The van der Waals surface area contributed by atoms with Crippen LogP contribution in [0.2, 0.25) is 5.15 Å². The fraction of sp³-hybridized carbons (Fsp3) is 0.500. The first-order valence-corrected chi connectivity index (χ1v) is 4.46. The number of anilines is 1. The van der Waals surface area contributed by atoms with Crippen LogP contribution in [0.15, 0.2) is 11.1 Å². The van der Waals surface area contributed by atoms with Gasteiger partial charge in [-0.25, -0.2) is 4.98 Å². The molecule has 0 aliphatic rings. The van der Waals surface area contributed by atoms with E-state index in [0.717, 1.165) is 0 Å². The topological polar surface area (TPSA) is 70.1 Å². The van der Waals surface area contributed by atoms with Crippen molar-refractivity contribution >= 4 is 17.3 Å². The van der Waals surface area contributed by atoms with Gasteiger partial charge in [0.2, 0.25) is 0 Å². The molecule has 0 spiro atoms. The van der Waals surface area contributed by atoms with Gasteiger partial charge in [-0.2, -0.15) is 0 Å². The number of nitrogens with two attached hydrogens (primary N) is 1. The lowest BCUT2D eigenvalue weighted by Gasteiger charge is -2.13. The summed E-state index contributed by atoms with van der Waals surface area (Å²) in [5.41, 5.74) is 5.08. The average molecular weight is 218 g/mol. The number of nitrogens with zero attached hydrogens (tertiary/aromatic N) is 2. The van der Waals surface area contributed by atoms with Gasteiger partial charge in [-0.15, -0.1) is 0 Å². The quantitative estimate of drug-likeness (QED) is 0.757. The van der Waals surface area contributed by atoms with Crippen molar-refractivity contribution in [2.75, 3.05) is 19.5 Å². The highest BCUT2D eigenvalue weighted by molar-refractivity contribution is 6.31. The molecular weight excluding hydrogens is 206 g/mol. The van der Waals surface area contributed by atoms with Gasteiger partial charge in [0.25, 0.3) is 5.56 Å². The van der Waals surface area contributed by atoms with E-state index in [2.05, 4.69) is 4.98 Å². The zero-order chi connectivity index (χ0) is 10.7. The maximum atomic E-state index is 11.6. The average Bonchev–Trinajstić information content (AvgIpc) is 2.15. The summed E-state index contributed by atoms with van der Waals surface area (Å²) in [5, 5.41) is 0.0378. The predicted molar refractivity (Wildman–Crippen MR) is 54.5 cm³/mol. The van der Waals surface area contributed by atoms with E-state index in [9.17, 15) is 4.79 Å². The molecule has 0 aliphatic carbocycles. The van der Waals surface area contributed by atoms with Crippen molar-refractivity contribution in [1.29, 1.82) is 0 Å². The molecule has 1 aromatic rings. The van der Waals surface area contributed by atoms with Crippen molar-refractivity contribution in [1.82, 2.24) is 9.55 Å². The fourth-order valence-corrected chi connectivity index (χ4v) is 1.22. The van der Waals surface area contributed by atoms with E-state index in [-0.39, 0.29) is 22.4 Å². The standard InChI is InChI=1S/C8H12ClN3O2/c1-5(3-14-2)12-4-11-7(9)6(10)8(12)13/h4-5H,3,10H2,1-2H3. The Morgan fingerprint density at radius 1 is 1.79 bits per heavy atom. The number of halogens is 1. The molecule has 0 amide bonds. The largest absolute Gasteiger partial charge is 0.392 e. The second-order valence-corrected chi connectivity index (χ2v) is 3.32. The van der Waals surface area contributed by atoms with Crippen molar-refractivity contribution in [3.05, 3.63) is 21.8 Å². The minimum atomic E-state index is -0.338. The van der Waals surface area contributed by atoms with E-state index in [1.165, 1.54) is 10.9 Å². The van der Waals surface area contributed by atoms with Gasteiger partial charge < -0.3 is 10.5 Å². The molecule has 0 fully saturated rings. The third kappa shape index (κ3) is 2.05. The molecule has 0 aromatic carbocycles. The molecule has 1 atom stereocenters. The smallest absolute Gasteiger partial charge is 0.278 e. The zero-order valence-electron chi connectivity index (χ0n) is 8.03. The van der Waals surface area contributed by atoms with Crippen LogP contribution in [0.4, 0.5) is 5.69 Å². The summed E-state index contributed by atoms with van der Waals surface area (Å²) >= 11 is 5.59. The van der Waals surface area contributed by atoms with Crippen LogP contribution in [0.3, 0.4) is 0 Å². The highest BCUT2D eigenvalue weighted by atomic mass is 35.5. The number of nitrogen functional groups attached to an aromatic ring is 1. The minimum absolute atomic E-state index is 0.0304. The molecule has 0 bridgehead atoms. The summed E-state index contributed by atoms with van der Waals surface area (Å²) in [6.45, 7) is 2.25. The lowest BCUT2D eigenvalue weighted by atomic mass is 10.3. The second kappa shape index (κ2) is 4.43. The molecule has 1 rings (SSSR count). The summed E-state index contributed by atoms with van der Waals surface area (Å²) in [5.74, 6) is 0. The van der Waals surface area contributed by atoms with Crippen LogP contribution in [0.1, 0.15) is 13.0 Å².